The first-order chi connectivity index (χ1) is 7.17. The number of hydrogen-bond acceptors (Lipinski definition) is 2. The van der Waals surface area contributed by atoms with Gasteiger partial charge in [0.2, 0.25) is 0 Å². The summed E-state index contributed by atoms with van der Waals surface area (Å²) in [5.41, 5.74) is 0.656. The van der Waals surface area contributed by atoms with Crippen LogP contribution in [0.3, 0.4) is 0 Å². The Balaban J connectivity index is 1.66. The van der Waals surface area contributed by atoms with Crippen LogP contribution in [-0.4, -0.2) is 36.1 Å². The van der Waals surface area contributed by atoms with E-state index in [0.717, 1.165) is 18.1 Å². The molecule has 3 aliphatic rings. The third kappa shape index (κ3) is 1.83. The molecule has 0 aromatic rings. The SMILES string of the molecule is CC(N1CCC2CCC(C1)N2)C1(C)CC1. The van der Waals surface area contributed by atoms with E-state index in [9.17, 15) is 0 Å². The summed E-state index contributed by atoms with van der Waals surface area (Å²) in [4.78, 5) is 2.75. The zero-order chi connectivity index (χ0) is 10.5. The van der Waals surface area contributed by atoms with E-state index < -0.39 is 0 Å². The molecule has 2 bridgehead atoms. The van der Waals surface area contributed by atoms with Gasteiger partial charge in [-0.2, -0.15) is 0 Å². The Morgan fingerprint density at radius 2 is 1.93 bits per heavy atom. The molecule has 86 valence electrons. The number of fused-ring (bicyclic) bond motifs is 2. The summed E-state index contributed by atoms with van der Waals surface area (Å²) >= 11 is 0. The molecule has 2 aliphatic heterocycles. The lowest BCUT2D eigenvalue weighted by Crippen LogP contribution is -2.43. The van der Waals surface area contributed by atoms with Crippen molar-refractivity contribution in [2.45, 2.75) is 64.1 Å². The quantitative estimate of drug-likeness (QED) is 0.746. The van der Waals surface area contributed by atoms with Gasteiger partial charge < -0.3 is 5.32 Å². The van der Waals surface area contributed by atoms with E-state index >= 15 is 0 Å². The van der Waals surface area contributed by atoms with Crippen molar-refractivity contribution in [3.8, 4) is 0 Å². The van der Waals surface area contributed by atoms with Gasteiger partial charge in [0.1, 0.15) is 0 Å². The molecule has 2 saturated heterocycles. The molecule has 2 nitrogen and oxygen atoms in total. The van der Waals surface area contributed by atoms with Gasteiger partial charge in [-0.25, -0.2) is 0 Å². The Kier molecular flexibility index (Phi) is 2.33. The Bertz CT molecular complexity index is 247. The second-order valence-corrected chi connectivity index (χ2v) is 6.25. The van der Waals surface area contributed by atoms with Gasteiger partial charge >= 0.3 is 0 Å². The minimum Gasteiger partial charge on any atom is -0.310 e. The first-order valence-corrected chi connectivity index (χ1v) is 6.67. The monoisotopic (exact) mass is 208 g/mol. The van der Waals surface area contributed by atoms with Crippen molar-refractivity contribution in [1.29, 1.82) is 0 Å². The molecular weight excluding hydrogens is 184 g/mol. The van der Waals surface area contributed by atoms with E-state index in [4.69, 9.17) is 0 Å². The van der Waals surface area contributed by atoms with Crippen molar-refractivity contribution in [3.05, 3.63) is 0 Å². The summed E-state index contributed by atoms with van der Waals surface area (Å²) in [6.45, 7) is 7.54. The predicted octanol–water partition coefficient (Wildman–Crippen LogP) is 2.00. The lowest BCUT2D eigenvalue weighted by Gasteiger charge is -2.34. The topological polar surface area (TPSA) is 15.3 Å². The molecule has 3 atom stereocenters. The van der Waals surface area contributed by atoms with E-state index in [0.29, 0.717) is 5.41 Å². The number of likely N-dealkylation sites (tertiary alicyclic amines) is 1. The molecule has 0 aromatic heterocycles. The van der Waals surface area contributed by atoms with Crippen molar-refractivity contribution in [1.82, 2.24) is 10.2 Å². The molecule has 1 saturated carbocycles. The molecule has 0 spiro atoms. The third-order valence-electron chi connectivity index (χ3n) is 5.15. The van der Waals surface area contributed by atoms with Crippen molar-refractivity contribution < 1.29 is 0 Å². The molecule has 15 heavy (non-hydrogen) atoms. The highest BCUT2D eigenvalue weighted by molar-refractivity contribution is 5.00. The van der Waals surface area contributed by atoms with Crippen LogP contribution in [0.1, 0.15) is 46.0 Å². The van der Waals surface area contributed by atoms with Crippen LogP contribution in [0.2, 0.25) is 0 Å². The summed E-state index contributed by atoms with van der Waals surface area (Å²) in [7, 11) is 0. The number of rotatable bonds is 2. The van der Waals surface area contributed by atoms with Gasteiger partial charge in [-0.15, -0.1) is 0 Å². The van der Waals surface area contributed by atoms with E-state index in [1.54, 1.807) is 0 Å². The van der Waals surface area contributed by atoms with Gasteiger partial charge in [-0.3, -0.25) is 4.90 Å². The minimum atomic E-state index is 0.656. The number of nitrogens with zero attached hydrogens (tertiary/aromatic N) is 1. The molecule has 2 heterocycles. The maximum atomic E-state index is 3.77. The molecular formula is C13H24N2. The summed E-state index contributed by atoms with van der Waals surface area (Å²) < 4.78 is 0. The van der Waals surface area contributed by atoms with Crippen LogP contribution in [0.4, 0.5) is 0 Å². The summed E-state index contributed by atoms with van der Waals surface area (Å²) in [5, 5.41) is 3.77. The molecule has 0 amide bonds. The zero-order valence-electron chi connectivity index (χ0n) is 10.1. The lowest BCUT2D eigenvalue weighted by molar-refractivity contribution is 0.143. The largest absolute Gasteiger partial charge is 0.310 e. The number of hydrogen-bond donors (Lipinski definition) is 1. The van der Waals surface area contributed by atoms with Gasteiger partial charge in [0.25, 0.3) is 0 Å². The van der Waals surface area contributed by atoms with Crippen LogP contribution in [-0.2, 0) is 0 Å². The first-order valence-electron chi connectivity index (χ1n) is 6.67. The van der Waals surface area contributed by atoms with Crippen LogP contribution < -0.4 is 5.32 Å². The summed E-state index contributed by atoms with van der Waals surface area (Å²) in [6.07, 6.45) is 7.10. The minimum absolute atomic E-state index is 0.656. The predicted molar refractivity (Wildman–Crippen MR) is 62.9 cm³/mol. The van der Waals surface area contributed by atoms with E-state index in [2.05, 4.69) is 24.1 Å². The normalized spacial score (nSPS) is 41.2. The standard InChI is InChI=1S/C13H24N2/c1-10(13(2)6-7-13)15-8-5-11-3-4-12(9-15)14-11/h10-12,14H,3-9H2,1-2H3. The van der Waals surface area contributed by atoms with E-state index in [-0.39, 0.29) is 0 Å². The molecule has 1 aliphatic carbocycles. The average molecular weight is 208 g/mol. The zero-order valence-corrected chi connectivity index (χ0v) is 10.1. The molecule has 3 rings (SSSR count). The Labute approximate surface area is 93.4 Å². The van der Waals surface area contributed by atoms with Crippen LogP contribution >= 0.6 is 0 Å². The average Bonchev–Trinajstić information content (AvgIpc) is 2.84. The highest BCUT2D eigenvalue weighted by Gasteiger charge is 2.46. The van der Waals surface area contributed by atoms with Gasteiger partial charge in [0.05, 0.1) is 0 Å². The molecule has 0 radical (unpaired) electrons. The molecule has 3 fully saturated rings. The van der Waals surface area contributed by atoms with Crippen molar-refractivity contribution in [2.24, 2.45) is 5.41 Å². The van der Waals surface area contributed by atoms with Gasteiger partial charge in [-0.05, 0) is 51.0 Å². The Hall–Kier alpha value is -0.0800. The van der Waals surface area contributed by atoms with Crippen LogP contribution in [0.25, 0.3) is 0 Å². The van der Waals surface area contributed by atoms with E-state index in [1.807, 2.05) is 0 Å². The van der Waals surface area contributed by atoms with Crippen molar-refractivity contribution in [3.63, 3.8) is 0 Å². The summed E-state index contributed by atoms with van der Waals surface area (Å²) in [5.74, 6) is 0. The second-order valence-electron chi connectivity index (χ2n) is 6.25. The smallest absolute Gasteiger partial charge is 0.0198 e. The Morgan fingerprint density at radius 3 is 2.67 bits per heavy atom. The maximum Gasteiger partial charge on any atom is 0.0198 e. The Morgan fingerprint density at radius 1 is 1.20 bits per heavy atom. The molecule has 2 heteroatoms. The third-order valence-corrected chi connectivity index (χ3v) is 5.15. The van der Waals surface area contributed by atoms with E-state index in [1.165, 1.54) is 45.2 Å². The second kappa shape index (κ2) is 3.46. The first kappa shape index (κ1) is 10.1. The fraction of sp³-hybridized carbons (Fsp3) is 1.00. The fourth-order valence-electron chi connectivity index (χ4n) is 3.38. The van der Waals surface area contributed by atoms with Crippen molar-refractivity contribution in [2.75, 3.05) is 13.1 Å². The van der Waals surface area contributed by atoms with Crippen LogP contribution in [0.15, 0.2) is 0 Å². The van der Waals surface area contributed by atoms with Gasteiger partial charge in [-0.1, -0.05) is 6.92 Å². The van der Waals surface area contributed by atoms with Gasteiger partial charge in [0.15, 0.2) is 0 Å². The molecule has 0 aromatic carbocycles. The summed E-state index contributed by atoms with van der Waals surface area (Å²) in [6, 6.07) is 2.43. The van der Waals surface area contributed by atoms with Crippen LogP contribution in [0.5, 0.6) is 0 Å². The van der Waals surface area contributed by atoms with Crippen molar-refractivity contribution >= 4 is 0 Å². The highest BCUT2D eigenvalue weighted by Crippen LogP contribution is 2.50. The van der Waals surface area contributed by atoms with Gasteiger partial charge in [0, 0.05) is 24.7 Å². The maximum absolute atomic E-state index is 3.77. The fourth-order valence-corrected chi connectivity index (χ4v) is 3.38. The number of nitrogens with one attached hydrogen (secondary N) is 1. The molecule has 3 unspecified atom stereocenters. The lowest BCUT2D eigenvalue weighted by atomic mass is 9.97. The highest BCUT2D eigenvalue weighted by atomic mass is 15.2. The van der Waals surface area contributed by atoms with Crippen LogP contribution in [0, 0.1) is 5.41 Å². The molecule has 1 N–H and O–H groups in total.